The predicted octanol–water partition coefficient (Wildman–Crippen LogP) is 5.60. The van der Waals surface area contributed by atoms with E-state index in [4.69, 9.17) is 4.74 Å². The van der Waals surface area contributed by atoms with Gasteiger partial charge in [0.05, 0.1) is 6.61 Å². The molecule has 1 amide bonds. The molecule has 1 unspecified atom stereocenters. The number of hydrogen-bond donors (Lipinski definition) is 2. The lowest BCUT2D eigenvalue weighted by molar-refractivity contribution is 0.136. The van der Waals surface area contributed by atoms with E-state index in [-0.39, 0.29) is 0 Å². The highest BCUT2D eigenvalue weighted by Crippen LogP contribution is 2.18. The van der Waals surface area contributed by atoms with Gasteiger partial charge in [-0.15, -0.1) is 0 Å². The lowest BCUT2D eigenvalue weighted by Gasteiger charge is -2.15. The average molecular weight is 370 g/mol. The molecule has 0 aliphatic carbocycles. The molecule has 1 atom stereocenters. The van der Waals surface area contributed by atoms with Crippen LogP contribution < -0.4 is 10.6 Å². The number of rotatable bonds is 9. The van der Waals surface area contributed by atoms with Gasteiger partial charge in [0.1, 0.15) is 0 Å². The van der Waals surface area contributed by atoms with Crippen molar-refractivity contribution >= 4 is 23.4 Å². The topological polar surface area (TPSA) is 76.1 Å². The van der Waals surface area contributed by atoms with Gasteiger partial charge in [-0.25, -0.2) is 14.8 Å². The fourth-order valence-electron chi connectivity index (χ4n) is 2.79. The maximum atomic E-state index is 12.0. The summed E-state index contributed by atoms with van der Waals surface area (Å²) in [5, 5.41) is 5.93. The van der Waals surface area contributed by atoms with E-state index in [0.29, 0.717) is 24.2 Å². The first-order valence-electron chi connectivity index (χ1n) is 9.63. The van der Waals surface area contributed by atoms with Gasteiger partial charge in [-0.1, -0.05) is 33.1 Å². The number of aromatic nitrogens is 2. The van der Waals surface area contributed by atoms with Gasteiger partial charge in [-0.3, -0.25) is 5.32 Å². The summed E-state index contributed by atoms with van der Waals surface area (Å²) in [5.41, 5.74) is 3.36. The zero-order valence-corrected chi connectivity index (χ0v) is 16.7. The summed E-state index contributed by atoms with van der Waals surface area (Å²) in [6.45, 7) is 8.64. The summed E-state index contributed by atoms with van der Waals surface area (Å²) in [7, 11) is 0. The Balaban J connectivity index is 1.84. The van der Waals surface area contributed by atoms with Crippen LogP contribution in [0.4, 0.5) is 22.1 Å². The van der Waals surface area contributed by atoms with Gasteiger partial charge in [0.2, 0.25) is 5.95 Å². The van der Waals surface area contributed by atoms with Gasteiger partial charge >= 0.3 is 6.09 Å². The number of carbonyl (C=O) groups is 1. The zero-order valence-electron chi connectivity index (χ0n) is 16.7. The second kappa shape index (κ2) is 10.5. The number of aryl methyl sites for hydroxylation is 2. The number of nitrogens with one attached hydrogen (secondary N) is 2. The summed E-state index contributed by atoms with van der Waals surface area (Å²) in [5.74, 6) is 0.991. The number of ether oxygens (including phenoxy) is 1. The number of nitrogens with zero attached hydrogens (tertiary/aromatic N) is 2. The molecule has 6 nitrogen and oxygen atoms in total. The van der Waals surface area contributed by atoms with E-state index in [1.54, 1.807) is 0 Å². The standard InChI is InChI=1S/C21H30N4O2/c1-5-7-8-17(6-2)14-27-21(26)25-19-11-9-18(10-12-19)24-20-22-15(3)13-16(4)23-20/h9-13,17H,5-8,14H2,1-4H3,(H,25,26)(H,22,23,24). The zero-order chi connectivity index (χ0) is 19.6. The Hall–Kier alpha value is -2.63. The smallest absolute Gasteiger partial charge is 0.411 e. The average Bonchev–Trinajstić information content (AvgIpc) is 2.63. The molecule has 0 bridgehead atoms. The fourth-order valence-corrected chi connectivity index (χ4v) is 2.79. The number of hydrogen-bond acceptors (Lipinski definition) is 5. The summed E-state index contributed by atoms with van der Waals surface area (Å²) < 4.78 is 5.36. The lowest BCUT2D eigenvalue weighted by atomic mass is 10.0. The quantitative estimate of drug-likeness (QED) is 0.600. The molecule has 2 aromatic rings. The van der Waals surface area contributed by atoms with Crippen molar-refractivity contribution in [2.45, 2.75) is 53.4 Å². The minimum absolute atomic E-state index is 0.414. The third-order valence-corrected chi connectivity index (χ3v) is 4.36. The van der Waals surface area contributed by atoms with Gasteiger partial charge < -0.3 is 10.1 Å². The normalized spacial score (nSPS) is 11.7. The highest BCUT2D eigenvalue weighted by molar-refractivity contribution is 5.84. The third-order valence-electron chi connectivity index (χ3n) is 4.36. The molecular weight excluding hydrogens is 340 g/mol. The number of amides is 1. The second-order valence-corrected chi connectivity index (χ2v) is 6.82. The number of carbonyl (C=O) groups excluding carboxylic acids is 1. The van der Waals surface area contributed by atoms with Crippen LogP contribution >= 0.6 is 0 Å². The highest BCUT2D eigenvalue weighted by Gasteiger charge is 2.10. The third kappa shape index (κ3) is 7.25. The van der Waals surface area contributed by atoms with Crippen molar-refractivity contribution in [1.82, 2.24) is 9.97 Å². The maximum absolute atomic E-state index is 12.0. The molecule has 0 saturated heterocycles. The van der Waals surface area contributed by atoms with E-state index in [9.17, 15) is 4.79 Å². The van der Waals surface area contributed by atoms with Crippen molar-refractivity contribution in [3.05, 3.63) is 41.7 Å². The SMILES string of the molecule is CCCCC(CC)COC(=O)Nc1ccc(Nc2nc(C)cc(C)n2)cc1. The Morgan fingerprint density at radius 2 is 1.70 bits per heavy atom. The Bertz CT molecular complexity index is 711. The molecule has 0 radical (unpaired) electrons. The largest absolute Gasteiger partial charge is 0.449 e. The molecule has 6 heteroatoms. The summed E-state index contributed by atoms with van der Waals surface area (Å²) >= 11 is 0. The Morgan fingerprint density at radius 3 is 2.30 bits per heavy atom. The van der Waals surface area contributed by atoms with E-state index in [2.05, 4.69) is 34.4 Å². The monoisotopic (exact) mass is 370 g/mol. The van der Waals surface area contributed by atoms with Crippen molar-refractivity contribution in [1.29, 1.82) is 0 Å². The lowest BCUT2D eigenvalue weighted by Crippen LogP contribution is -2.18. The van der Waals surface area contributed by atoms with Crippen LogP contribution in [-0.4, -0.2) is 22.7 Å². The van der Waals surface area contributed by atoms with E-state index in [1.807, 2.05) is 44.2 Å². The molecule has 1 aromatic heterocycles. The molecule has 146 valence electrons. The highest BCUT2D eigenvalue weighted by atomic mass is 16.5. The number of anilines is 3. The second-order valence-electron chi connectivity index (χ2n) is 6.82. The first-order valence-corrected chi connectivity index (χ1v) is 9.63. The van der Waals surface area contributed by atoms with Gasteiger partial charge in [-0.05, 0) is 56.5 Å². The molecule has 2 N–H and O–H groups in total. The van der Waals surface area contributed by atoms with Crippen LogP contribution in [-0.2, 0) is 4.74 Å². The Kier molecular flexibility index (Phi) is 8.04. The van der Waals surface area contributed by atoms with Crippen molar-refractivity contribution in [2.75, 3.05) is 17.2 Å². The van der Waals surface area contributed by atoms with Crippen LogP contribution in [0.15, 0.2) is 30.3 Å². The van der Waals surface area contributed by atoms with Gasteiger partial charge in [0.25, 0.3) is 0 Å². The number of benzene rings is 1. The van der Waals surface area contributed by atoms with Gasteiger partial charge in [0, 0.05) is 22.8 Å². The molecule has 0 aliphatic heterocycles. The molecule has 0 aliphatic rings. The first kappa shape index (κ1) is 20.7. The van der Waals surface area contributed by atoms with E-state index < -0.39 is 6.09 Å². The maximum Gasteiger partial charge on any atom is 0.411 e. The van der Waals surface area contributed by atoms with Crippen LogP contribution in [0.3, 0.4) is 0 Å². The molecule has 0 fully saturated rings. The molecule has 0 saturated carbocycles. The van der Waals surface area contributed by atoms with Crippen molar-refractivity contribution in [3.8, 4) is 0 Å². The minimum Gasteiger partial charge on any atom is -0.449 e. The fraction of sp³-hybridized carbons (Fsp3) is 0.476. The van der Waals surface area contributed by atoms with Crippen LogP contribution in [0.2, 0.25) is 0 Å². The van der Waals surface area contributed by atoms with Gasteiger partial charge in [0.15, 0.2) is 0 Å². The minimum atomic E-state index is -0.414. The summed E-state index contributed by atoms with van der Waals surface area (Å²) in [4.78, 5) is 20.7. The molecule has 2 rings (SSSR count). The van der Waals surface area contributed by atoms with Crippen molar-refractivity contribution in [3.63, 3.8) is 0 Å². The molecule has 0 spiro atoms. The molecule has 1 aromatic carbocycles. The molecule has 1 heterocycles. The Labute approximate surface area is 161 Å². The van der Waals surface area contributed by atoms with Crippen LogP contribution in [0.25, 0.3) is 0 Å². The number of unbranched alkanes of at least 4 members (excludes halogenated alkanes) is 1. The van der Waals surface area contributed by atoms with Gasteiger partial charge in [-0.2, -0.15) is 0 Å². The van der Waals surface area contributed by atoms with E-state index >= 15 is 0 Å². The van der Waals surface area contributed by atoms with Crippen LogP contribution in [0, 0.1) is 19.8 Å². The van der Waals surface area contributed by atoms with Crippen LogP contribution in [0.5, 0.6) is 0 Å². The summed E-state index contributed by atoms with van der Waals surface area (Å²) in [6, 6.07) is 9.30. The summed E-state index contributed by atoms with van der Waals surface area (Å²) in [6.07, 6.45) is 4.04. The van der Waals surface area contributed by atoms with Crippen molar-refractivity contribution in [2.24, 2.45) is 5.92 Å². The van der Waals surface area contributed by atoms with Crippen molar-refractivity contribution < 1.29 is 9.53 Å². The van der Waals surface area contributed by atoms with E-state index in [0.717, 1.165) is 36.3 Å². The first-order chi connectivity index (χ1) is 13.0. The molecule has 27 heavy (non-hydrogen) atoms. The van der Waals surface area contributed by atoms with E-state index in [1.165, 1.54) is 6.42 Å². The Morgan fingerprint density at radius 1 is 1.07 bits per heavy atom. The molecular formula is C21H30N4O2. The predicted molar refractivity (Wildman–Crippen MR) is 110 cm³/mol. The van der Waals surface area contributed by atoms with Crippen LogP contribution in [0.1, 0.15) is 50.9 Å².